The summed E-state index contributed by atoms with van der Waals surface area (Å²) in [7, 11) is 0. The number of halogens is 1. The van der Waals surface area contributed by atoms with Crippen LogP contribution in [0.15, 0.2) is 35.1 Å². The number of aromatic nitrogens is 2. The summed E-state index contributed by atoms with van der Waals surface area (Å²) in [4.78, 5) is 12.7. The van der Waals surface area contributed by atoms with Gasteiger partial charge in [0.25, 0.3) is 0 Å². The minimum absolute atomic E-state index is 0.133. The van der Waals surface area contributed by atoms with Gasteiger partial charge in [-0.05, 0) is 80.0 Å². The van der Waals surface area contributed by atoms with Crippen molar-refractivity contribution in [3.05, 3.63) is 30.7 Å². The van der Waals surface area contributed by atoms with Gasteiger partial charge in [0.1, 0.15) is 0 Å². The van der Waals surface area contributed by atoms with Gasteiger partial charge in [-0.3, -0.25) is 4.79 Å². The molecule has 0 spiro atoms. The molecule has 1 aromatic carbocycles. The minimum atomic E-state index is 0.133. The third kappa shape index (κ3) is 2.98. The fourth-order valence-electron chi connectivity index (χ4n) is 6.08. The van der Waals surface area contributed by atoms with Gasteiger partial charge in [-0.15, -0.1) is 10.2 Å². The molecule has 0 aliphatic heterocycles. The lowest BCUT2D eigenvalue weighted by Gasteiger charge is -2.60. The molecule has 2 atom stereocenters. The molecule has 0 saturated heterocycles. The van der Waals surface area contributed by atoms with E-state index in [9.17, 15) is 4.79 Å². The number of amides is 1. The van der Waals surface area contributed by atoms with Crippen LogP contribution in [0.3, 0.4) is 0 Å². The van der Waals surface area contributed by atoms with E-state index in [2.05, 4.69) is 31.4 Å². The Hall–Kier alpha value is -1.69. The maximum Gasteiger partial charge on any atom is 0.247 e. The van der Waals surface area contributed by atoms with Crippen molar-refractivity contribution in [2.45, 2.75) is 49.3 Å². The highest BCUT2D eigenvalue weighted by atomic mass is 79.9. The first-order valence-corrected chi connectivity index (χ1v) is 10.2. The van der Waals surface area contributed by atoms with Gasteiger partial charge in [-0.2, -0.15) is 0 Å². The second-order valence-corrected chi connectivity index (χ2v) is 10.3. The number of nitrogens with zero attached hydrogens (tertiary/aromatic N) is 2. The number of nitrogens with one attached hydrogen (secondary N) is 1. The molecule has 5 nitrogen and oxygen atoms in total. The van der Waals surface area contributed by atoms with E-state index in [0.29, 0.717) is 16.6 Å². The zero-order valence-electron chi connectivity index (χ0n) is 14.6. The number of hydrogen-bond donors (Lipinski definition) is 1. The van der Waals surface area contributed by atoms with Crippen molar-refractivity contribution in [3.8, 4) is 11.5 Å². The summed E-state index contributed by atoms with van der Waals surface area (Å²) in [5.74, 6) is 2.22. The molecule has 4 saturated carbocycles. The standard InChI is InChI=1S/C20H22BrN3O2/c21-20-8-13-5-14(9-20)7-19(6-13,11-20)10-17(25)23-16-3-1-15(2-4-16)18-24-22-12-26-18/h1-4,12-14H,5-11H2,(H,23,25)/t13-,14-,19?,20?/m1/s1. The van der Waals surface area contributed by atoms with E-state index in [4.69, 9.17) is 4.42 Å². The highest BCUT2D eigenvalue weighted by Crippen LogP contribution is 2.65. The summed E-state index contributed by atoms with van der Waals surface area (Å²) in [6.45, 7) is 0. The Bertz CT molecular complexity index is 804. The van der Waals surface area contributed by atoms with E-state index in [1.165, 1.54) is 38.5 Å². The number of hydrogen-bond acceptors (Lipinski definition) is 4. The summed E-state index contributed by atoms with van der Waals surface area (Å²) >= 11 is 4.02. The van der Waals surface area contributed by atoms with Crippen LogP contribution in [0.1, 0.15) is 44.9 Å². The van der Waals surface area contributed by atoms with Gasteiger partial charge in [0.2, 0.25) is 18.2 Å². The van der Waals surface area contributed by atoms with Gasteiger partial charge in [0.05, 0.1) is 0 Å². The predicted molar refractivity (Wildman–Crippen MR) is 102 cm³/mol. The molecule has 0 radical (unpaired) electrons. The molecular weight excluding hydrogens is 394 g/mol. The van der Waals surface area contributed by atoms with Crippen molar-refractivity contribution in [3.63, 3.8) is 0 Å². The topological polar surface area (TPSA) is 68.0 Å². The summed E-state index contributed by atoms with van der Waals surface area (Å²) in [6, 6.07) is 7.56. The SMILES string of the molecule is O=C(CC12C[C@H]3C[C@@H](CC(Br)(C3)C1)C2)Nc1ccc(-c2nnco2)cc1. The lowest BCUT2D eigenvalue weighted by Crippen LogP contribution is -2.53. The van der Waals surface area contributed by atoms with Crippen LogP contribution in [0, 0.1) is 17.3 Å². The van der Waals surface area contributed by atoms with E-state index >= 15 is 0 Å². The first-order chi connectivity index (χ1) is 12.5. The highest BCUT2D eigenvalue weighted by molar-refractivity contribution is 9.10. The molecule has 1 N–H and O–H groups in total. The summed E-state index contributed by atoms with van der Waals surface area (Å²) in [5.41, 5.74) is 1.86. The number of anilines is 1. The number of benzene rings is 1. The summed E-state index contributed by atoms with van der Waals surface area (Å²) in [6.07, 6.45) is 9.50. The number of carbonyl (C=O) groups excluding carboxylic acids is 1. The van der Waals surface area contributed by atoms with E-state index in [0.717, 1.165) is 29.5 Å². The Labute approximate surface area is 161 Å². The Kier molecular flexibility index (Phi) is 3.75. The van der Waals surface area contributed by atoms with Crippen LogP contribution in [0.25, 0.3) is 11.5 Å². The fraction of sp³-hybridized carbons (Fsp3) is 0.550. The molecule has 1 heterocycles. The molecule has 4 fully saturated rings. The number of rotatable bonds is 4. The fourth-order valence-corrected chi connectivity index (χ4v) is 7.59. The van der Waals surface area contributed by atoms with Crippen LogP contribution in [-0.4, -0.2) is 20.4 Å². The first kappa shape index (κ1) is 16.5. The molecular formula is C20H22BrN3O2. The largest absolute Gasteiger partial charge is 0.423 e. The second kappa shape index (κ2) is 5.91. The Morgan fingerprint density at radius 2 is 1.92 bits per heavy atom. The van der Waals surface area contributed by atoms with Gasteiger partial charge < -0.3 is 9.73 Å². The predicted octanol–water partition coefficient (Wildman–Crippen LogP) is 4.80. The minimum Gasteiger partial charge on any atom is -0.423 e. The quantitative estimate of drug-likeness (QED) is 0.728. The van der Waals surface area contributed by atoms with Gasteiger partial charge in [0, 0.05) is 22.0 Å². The zero-order chi connectivity index (χ0) is 17.8. The van der Waals surface area contributed by atoms with Crippen LogP contribution in [-0.2, 0) is 4.79 Å². The lowest BCUT2D eigenvalue weighted by molar-refractivity contribution is -0.123. The third-order valence-electron chi connectivity index (χ3n) is 6.42. The van der Waals surface area contributed by atoms with E-state index in [1.807, 2.05) is 24.3 Å². The van der Waals surface area contributed by atoms with Crippen molar-refractivity contribution < 1.29 is 9.21 Å². The molecule has 1 amide bonds. The average Bonchev–Trinajstić information content (AvgIpc) is 3.07. The van der Waals surface area contributed by atoms with Gasteiger partial charge in [0.15, 0.2) is 0 Å². The van der Waals surface area contributed by atoms with Crippen molar-refractivity contribution in [2.24, 2.45) is 17.3 Å². The van der Waals surface area contributed by atoms with Crippen LogP contribution in [0.2, 0.25) is 0 Å². The van der Waals surface area contributed by atoms with Gasteiger partial charge in [-0.1, -0.05) is 15.9 Å². The summed E-state index contributed by atoms with van der Waals surface area (Å²) < 4.78 is 5.49. The molecule has 136 valence electrons. The smallest absolute Gasteiger partial charge is 0.247 e. The Morgan fingerprint density at radius 1 is 1.19 bits per heavy atom. The Morgan fingerprint density at radius 3 is 2.54 bits per heavy atom. The van der Waals surface area contributed by atoms with Crippen molar-refractivity contribution in [2.75, 3.05) is 5.32 Å². The van der Waals surface area contributed by atoms with Crippen LogP contribution in [0.5, 0.6) is 0 Å². The van der Waals surface area contributed by atoms with Gasteiger partial charge >= 0.3 is 0 Å². The first-order valence-electron chi connectivity index (χ1n) is 9.36. The molecule has 4 aliphatic rings. The molecule has 2 aromatic rings. The normalized spacial score (nSPS) is 34.8. The maximum absolute atomic E-state index is 12.7. The van der Waals surface area contributed by atoms with Crippen molar-refractivity contribution in [1.82, 2.24) is 10.2 Å². The maximum atomic E-state index is 12.7. The number of alkyl halides is 1. The van der Waals surface area contributed by atoms with E-state index in [-0.39, 0.29) is 11.3 Å². The monoisotopic (exact) mass is 415 g/mol. The zero-order valence-corrected chi connectivity index (χ0v) is 16.2. The summed E-state index contributed by atoms with van der Waals surface area (Å²) in [5, 5.41) is 10.7. The highest BCUT2D eigenvalue weighted by Gasteiger charge is 2.57. The molecule has 4 aliphatic carbocycles. The second-order valence-electron chi connectivity index (χ2n) is 8.66. The molecule has 26 heavy (non-hydrogen) atoms. The molecule has 6 rings (SSSR count). The van der Waals surface area contributed by atoms with E-state index < -0.39 is 0 Å². The molecule has 0 unspecified atom stereocenters. The van der Waals surface area contributed by atoms with Crippen LogP contribution in [0.4, 0.5) is 5.69 Å². The van der Waals surface area contributed by atoms with Gasteiger partial charge in [-0.25, -0.2) is 0 Å². The average molecular weight is 416 g/mol. The van der Waals surface area contributed by atoms with Crippen LogP contribution < -0.4 is 5.32 Å². The molecule has 1 aromatic heterocycles. The third-order valence-corrected chi connectivity index (χ3v) is 7.35. The lowest BCUT2D eigenvalue weighted by atomic mass is 9.48. The van der Waals surface area contributed by atoms with Crippen molar-refractivity contribution in [1.29, 1.82) is 0 Å². The van der Waals surface area contributed by atoms with Crippen molar-refractivity contribution >= 4 is 27.5 Å². The molecule has 4 bridgehead atoms. The Balaban J connectivity index is 1.26. The van der Waals surface area contributed by atoms with E-state index in [1.54, 1.807) is 0 Å². The number of carbonyl (C=O) groups is 1. The van der Waals surface area contributed by atoms with Crippen LogP contribution >= 0.6 is 15.9 Å². The molecule has 6 heteroatoms.